The second-order valence-electron chi connectivity index (χ2n) is 6.26. The lowest BCUT2D eigenvalue weighted by molar-refractivity contribution is -0.120. The molecule has 1 fully saturated rings. The normalized spacial score (nSPS) is 21.0. The van der Waals surface area contributed by atoms with Crippen LogP contribution in [0.3, 0.4) is 0 Å². The van der Waals surface area contributed by atoms with Crippen molar-refractivity contribution in [2.45, 2.75) is 25.5 Å². The van der Waals surface area contributed by atoms with E-state index < -0.39 is 0 Å². The molecule has 24 heavy (non-hydrogen) atoms. The van der Waals surface area contributed by atoms with Crippen molar-refractivity contribution < 1.29 is 9.53 Å². The fourth-order valence-corrected chi connectivity index (χ4v) is 3.09. The fourth-order valence-electron chi connectivity index (χ4n) is 3.09. The summed E-state index contributed by atoms with van der Waals surface area (Å²) in [4.78, 5) is 19.1. The van der Waals surface area contributed by atoms with Crippen LogP contribution in [-0.4, -0.2) is 48.6 Å². The first-order chi connectivity index (χ1) is 11.6. The first-order valence-corrected chi connectivity index (χ1v) is 8.14. The Hall–Kier alpha value is -2.24. The van der Waals surface area contributed by atoms with Gasteiger partial charge in [-0.2, -0.15) is 0 Å². The smallest absolute Gasteiger partial charge is 0.241 e. The second-order valence-corrected chi connectivity index (χ2v) is 6.26. The van der Waals surface area contributed by atoms with Crippen molar-refractivity contribution >= 4 is 11.6 Å². The molecule has 1 aliphatic rings. The molecule has 1 aromatic heterocycles. The molecule has 0 radical (unpaired) electrons. The van der Waals surface area contributed by atoms with E-state index in [1.807, 2.05) is 61.5 Å². The summed E-state index contributed by atoms with van der Waals surface area (Å²) >= 11 is 0. The molecule has 1 saturated heterocycles. The van der Waals surface area contributed by atoms with Gasteiger partial charge in [-0.05, 0) is 32.0 Å². The summed E-state index contributed by atoms with van der Waals surface area (Å²) in [7, 11) is 3.64. The van der Waals surface area contributed by atoms with Crippen LogP contribution < -0.4 is 5.32 Å². The highest BCUT2D eigenvalue weighted by Gasteiger charge is 2.34. The van der Waals surface area contributed by atoms with Gasteiger partial charge in [0.2, 0.25) is 5.91 Å². The third kappa shape index (κ3) is 3.47. The molecule has 0 unspecified atom stereocenters. The Bertz CT molecular complexity index is 718. The van der Waals surface area contributed by atoms with Gasteiger partial charge in [-0.25, -0.2) is 0 Å². The number of nitrogens with zero attached hydrogens (tertiary/aromatic N) is 2. The van der Waals surface area contributed by atoms with Gasteiger partial charge in [-0.15, -0.1) is 0 Å². The number of hydrogen-bond acceptors (Lipinski definition) is 4. The lowest BCUT2D eigenvalue weighted by Gasteiger charge is -2.19. The Labute approximate surface area is 142 Å². The van der Waals surface area contributed by atoms with Crippen LogP contribution in [0.25, 0.3) is 11.1 Å². The SMILES string of the molecule is CO[C@H]1C[C@@H](C(=O)Nc2cc(-c3ccccc3)cnc2C)N(C)C1. The van der Waals surface area contributed by atoms with E-state index in [1.165, 1.54) is 0 Å². The van der Waals surface area contributed by atoms with Gasteiger partial charge < -0.3 is 10.1 Å². The van der Waals surface area contributed by atoms with E-state index >= 15 is 0 Å². The maximum Gasteiger partial charge on any atom is 0.241 e. The molecule has 2 atom stereocenters. The average molecular weight is 325 g/mol. The number of likely N-dealkylation sites (N-methyl/N-ethyl adjacent to an activating group) is 1. The number of methoxy groups -OCH3 is 1. The van der Waals surface area contributed by atoms with E-state index in [4.69, 9.17) is 4.74 Å². The Morgan fingerprint density at radius 1 is 1.29 bits per heavy atom. The maximum atomic E-state index is 12.7. The van der Waals surface area contributed by atoms with E-state index in [9.17, 15) is 4.79 Å². The molecule has 0 spiro atoms. The number of amides is 1. The van der Waals surface area contributed by atoms with Crippen LogP contribution in [0.2, 0.25) is 0 Å². The van der Waals surface area contributed by atoms with Crippen LogP contribution in [0, 0.1) is 6.92 Å². The van der Waals surface area contributed by atoms with Gasteiger partial charge in [-0.1, -0.05) is 30.3 Å². The minimum atomic E-state index is -0.172. The number of carbonyl (C=O) groups is 1. The number of anilines is 1. The molecule has 2 aromatic rings. The summed E-state index contributed by atoms with van der Waals surface area (Å²) in [5.41, 5.74) is 3.64. The summed E-state index contributed by atoms with van der Waals surface area (Å²) in [5, 5.41) is 3.04. The summed E-state index contributed by atoms with van der Waals surface area (Å²) in [6.45, 7) is 2.68. The molecular weight excluding hydrogens is 302 g/mol. The molecule has 5 nitrogen and oxygen atoms in total. The zero-order valence-corrected chi connectivity index (χ0v) is 14.3. The molecule has 0 bridgehead atoms. The van der Waals surface area contributed by atoms with Crippen molar-refractivity contribution in [3.8, 4) is 11.1 Å². The van der Waals surface area contributed by atoms with Crippen molar-refractivity contribution in [3.63, 3.8) is 0 Å². The Morgan fingerprint density at radius 2 is 2.04 bits per heavy atom. The van der Waals surface area contributed by atoms with E-state index in [2.05, 4.69) is 10.3 Å². The highest BCUT2D eigenvalue weighted by atomic mass is 16.5. The minimum Gasteiger partial charge on any atom is -0.380 e. The molecule has 3 rings (SSSR count). The van der Waals surface area contributed by atoms with Gasteiger partial charge >= 0.3 is 0 Å². The quantitative estimate of drug-likeness (QED) is 0.939. The largest absolute Gasteiger partial charge is 0.380 e. The highest BCUT2D eigenvalue weighted by Crippen LogP contribution is 2.25. The van der Waals surface area contributed by atoms with Crippen molar-refractivity contribution in [3.05, 3.63) is 48.3 Å². The molecule has 1 aliphatic heterocycles. The number of hydrogen-bond donors (Lipinski definition) is 1. The number of likely N-dealkylation sites (tertiary alicyclic amines) is 1. The van der Waals surface area contributed by atoms with Crippen molar-refractivity contribution in [2.24, 2.45) is 0 Å². The van der Waals surface area contributed by atoms with Crippen molar-refractivity contribution in [1.29, 1.82) is 0 Å². The number of pyridine rings is 1. The minimum absolute atomic E-state index is 0.00726. The zero-order chi connectivity index (χ0) is 17.1. The van der Waals surface area contributed by atoms with E-state index in [-0.39, 0.29) is 18.1 Å². The van der Waals surface area contributed by atoms with Crippen LogP contribution in [0.5, 0.6) is 0 Å². The van der Waals surface area contributed by atoms with Crippen LogP contribution in [0.4, 0.5) is 5.69 Å². The number of ether oxygens (including phenoxy) is 1. The first-order valence-electron chi connectivity index (χ1n) is 8.14. The third-order valence-electron chi connectivity index (χ3n) is 4.60. The Kier molecular flexibility index (Phi) is 4.92. The monoisotopic (exact) mass is 325 g/mol. The molecule has 2 heterocycles. The number of aromatic nitrogens is 1. The standard InChI is InChI=1S/C19H23N3O2/c1-13-17(9-15(11-20-13)14-7-5-4-6-8-14)21-19(23)18-10-16(24-3)12-22(18)2/h4-9,11,16,18H,10,12H2,1-3H3,(H,21,23)/t16-,18-/m0/s1. The Morgan fingerprint density at radius 3 is 2.71 bits per heavy atom. The summed E-state index contributed by atoms with van der Waals surface area (Å²) in [5.74, 6) is -0.00726. The maximum absolute atomic E-state index is 12.7. The summed E-state index contributed by atoms with van der Waals surface area (Å²) in [6, 6.07) is 11.8. The van der Waals surface area contributed by atoms with Gasteiger partial charge in [-0.3, -0.25) is 14.7 Å². The molecular formula is C19H23N3O2. The molecule has 126 valence electrons. The van der Waals surface area contributed by atoms with Gasteiger partial charge in [0.25, 0.3) is 0 Å². The Balaban J connectivity index is 1.79. The van der Waals surface area contributed by atoms with E-state index in [0.717, 1.165) is 29.1 Å². The number of nitrogens with one attached hydrogen (secondary N) is 1. The topological polar surface area (TPSA) is 54.5 Å². The van der Waals surface area contributed by atoms with Gasteiger partial charge in [0.1, 0.15) is 0 Å². The molecule has 1 aromatic carbocycles. The van der Waals surface area contributed by atoms with Crippen LogP contribution in [0.1, 0.15) is 12.1 Å². The van der Waals surface area contributed by atoms with Gasteiger partial charge in [0.05, 0.1) is 23.5 Å². The zero-order valence-electron chi connectivity index (χ0n) is 14.3. The van der Waals surface area contributed by atoms with Crippen LogP contribution in [-0.2, 0) is 9.53 Å². The predicted molar refractivity (Wildman–Crippen MR) is 94.9 cm³/mol. The lowest BCUT2D eigenvalue weighted by Crippen LogP contribution is -2.37. The number of benzene rings is 1. The van der Waals surface area contributed by atoms with Crippen LogP contribution >= 0.6 is 0 Å². The predicted octanol–water partition coefficient (Wildman–Crippen LogP) is 2.71. The molecule has 1 N–H and O–H groups in total. The summed E-state index contributed by atoms with van der Waals surface area (Å²) in [6.07, 6.45) is 2.66. The molecule has 5 heteroatoms. The molecule has 0 saturated carbocycles. The first kappa shape index (κ1) is 16.6. The number of aryl methyl sites for hydroxylation is 1. The van der Waals surface area contributed by atoms with Gasteiger partial charge in [0, 0.05) is 25.4 Å². The van der Waals surface area contributed by atoms with Crippen molar-refractivity contribution in [2.75, 3.05) is 26.0 Å². The second kappa shape index (κ2) is 7.11. The number of rotatable bonds is 4. The number of carbonyl (C=O) groups excluding carboxylic acids is 1. The molecule has 1 amide bonds. The van der Waals surface area contributed by atoms with Crippen LogP contribution in [0.15, 0.2) is 42.6 Å². The van der Waals surface area contributed by atoms with Crippen molar-refractivity contribution in [1.82, 2.24) is 9.88 Å². The highest BCUT2D eigenvalue weighted by molar-refractivity contribution is 5.96. The summed E-state index contributed by atoms with van der Waals surface area (Å²) < 4.78 is 5.38. The van der Waals surface area contributed by atoms with E-state index in [1.54, 1.807) is 7.11 Å². The van der Waals surface area contributed by atoms with Gasteiger partial charge in [0.15, 0.2) is 0 Å². The lowest BCUT2D eigenvalue weighted by atomic mass is 10.1. The fraction of sp³-hybridized carbons (Fsp3) is 0.368. The third-order valence-corrected chi connectivity index (χ3v) is 4.60. The van der Waals surface area contributed by atoms with E-state index in [0.29, 0.717) is 6.42 Å². The molecule has 0 aliphatic carbocycles. The average Bonchev–Trinajstić information content (AvgIpc) is 2.99.